The Morgan fingerprint density at radius 2 is 2.00 bits per heavy atom. The number of ketones is 1. The van der Waals surface area contributed by atoms with Crippen LogP contribution in [-0.2, 0) is 27.2 Å². The lowest BCUT2D eigenvalue weighted by molar-refractivity contribution is -0.155. The molecule has 0 saturated heterocycles. The van der Waals surface area contributed by atoms with E-state index in [4.69, 9.17) is 27.9 Å². The lowest BCUT2D eigenvalue weighted by Gasteiger charge is -2.40. The van der Waals surface area contributed by atoms with Gasteiger partial charge in [0.2, 0.25) is 5.54 Å². The van der Waals surface area contributed by atoms with E-state index in [1.54, 1.807) is 31.2 Å². The van der Waals surface area contributed by atoms with Crippen molar-refractivity contribution in [3.05, 3.63) is 63.6 Å². The molecule has 4 nitrogen and oxygen atoms in total. The molecule has 3 rings (SSSR count). The van der Waals surface area contributed by atoms with Crippen LogP contribution in [0.15, 0.2) is 42.5 Å². The van der Waals surface area contributed by atoms with Crippen molar-refractivity contribution in [2.24, 2.45) is 0 Å². The highest BCUT2D eigenvalue weighted by Crippen LogP contribution is 2.40. The number of nitrogens with zero attached hydrogens (tertiary/aromatic N) is 1. The third-order valence-corrected chi connectivity index (χ3v) is 5.02. The fourth-order valence-corrected chi connectivity index (χ4v) is 3.52. The van der Waals surface area contributed by atoms with E-state index < -0.39 is 17.3 Å². The van der Waals surface area contributed by atoms with E-state index in [-0.39, 0.29) is 30.3 Å². The van der Waals surface area contributed by atoms with Crippen LogP contribution in [0.2, 0.25) is 10.0 Å². The second-order valence-corrected chi connectivity index (χ2v) is 6.85. The number of Topliss-reactive ketones (excluding diaryl/α,β-unsaturated/α-hetero) is 1. The molecule has 1 heterocycles. The second-order valence-electron chi connectivity index (χ2n) is 6.00. The number of esters is 1. The fourth-order valence-electron chi connectivity index (χ4n) is 3.12. The molecule has 0 fully saturated rings. The molecule has 0 aliphatic carbocycles. The summed E-state index contributed by atoms with van der Waals surface area (Å²) in [5.74, 6) is -1.54. The first kappa shape index (κ1) is 18.7. The first-order valence-corrected chi connectivity index (χ1v) is 8.84. The zero-order chi connectivity index (χ0) is 18.9. The molecular formula is C19H16Cl2FNO3. The topological polar surface area (TPSA) is 46.6 Å². The van der Waals surface area contributed by atoms with Crippen LogP contribution < -0.4 is 5.12 Å². The van der Waals surface area contributed by atoms with Gasteiger partial charge in [0.05, 0.1) is 12.3 Å². The van der Waals surface area contributed by atoms with E-state index in [1.165, 1.54) is 18.2 Å². The molecule has 7 heteroatoms. The Kier molecular flexibility index (Phi) is 5.21. The highest BCUT2D eigenvalue weighted by Gasteiger charge is 2.56. The molecule has 2 aromatic carbocycles. The number of benzene rings is 2. The Hall–Kier alpha value is -2.11. The van der Waals surface area contributed by atoms with Crippen molar-refractivity contribution in [2.75, 3.05) is 11.7 Å². The first-order chi connectivity index (χ1) is 12.4. The van der Waals surface area contributed by atoms with Crippen molar-refractivity contribution in [1.29, 1.82) is 0 Å². The van der Waals surface area contributed by atoms with Gasteiger partial charge in [-0.25, -0.2) is 4.79 Å². The van der Waals surface area contributed by atoms with Crippen molar-refractivity contribution < 1.29 is 18.8 Å². The Bertz CT molecular complexity index is 874. The van der Waals surface area contributed by atoms with Crippen LogP contribution in [0, 0.1) is 0 Å². The van der Waals surface area contributed by atoms with Crippen molar-refractivity contribution in [3.8, 4) is 0 Å². The molecule has 0 spiro atoms. The minimum absolute atomic E-state index is 0.0255. The normalized spacial score (nSPS) is 19.2. The summed E-state index contributed by atoms with van der Waals surface area (Å²) in [6.07, 6.45) is -0.359. The van der Waals surface area contributed by atoms with Crippen LogP contribution in [0.5, 0.6) is 0 Å². The Morgan fingerprint density at radius 3 is 2.69 bits per heavy atom. The third kappa shape index (κ3) is 3.06. The average Bonchev–Trinajstić information content (AvgIpc) is 2.60. The van der Waals surface area contributed by atoms with Crippen LogP contribution in [0.4, 0.5) is 10.2 Å². The van der Waals surface area contributed by atoms with Gasteiger partial charge in [0.25, 0.3) is 0 Å². The summed E-state index contributed by atoms with van der Waals surface area (Å²) < 4.78 is 20.6. The van der Waals surface area contributed by atoms with Crippen LogP contribution >= 0.6 is 23.2 Å². The second kappa shape index (κ2) is 7.25. The number of carbonyl (C=O) groups excluding carboxylic acids is 2. The van der Waals surface area contributed by atoms with Crippen molar-refractivity contribution in [2.45, 2.75) is 25.3 Å². The van der Waals surface area contributed by atoms with Gasteiger partial charge in [0.1, 0.15) is 0 Å². The Balaban J connectivity index is 2.14. The zero-order valence-electron chi connectivity index (χ0n) is 14.0. The smallest absolute Gasteiger partial charge is 0.343 e. The maximum Gasteiger partial charge on any atom is 0.343 e. The van der Waals surface area contributed by atoms with Gasteiger partial charge in [-0.2, -0.15) is 5.12 Å². The molecule has 0 aromatic heterocycles. The Morgan fingerprint density at radius 1 is 1.27 bits per heavy atom. The minimum atomic E-state index is -2.12. The van der Waals surface area contributed by atoms with Gasteiger partial charge in [-0.1, -0.05) is 45.9 Å². The van der Waals surface area contributed by atoms with Gasteiger partial charge in [0.15, 0.2) is 5.78 Å². The molecule has 0 saturated carbocycles. The standard InChI is InChI=1S/C19H16Cl2FNO3/c1-2-26-18(25)19(11-12-5-3-4-6-15(12)21)17(24)10-13-9-14(20)7-8-16(13)23(19)22/h3-9H,2,10-11H2,1H3. The van der Waals surface area contributed by atoms with E-state index in [2.05, 4.69) is 0 Å². The third-order valence-electron chi connectivity index (χ3n) is 4.42. The highest BCUT2D eigenvalue weighted by molar-refractivity contribution is 6.31. The van der Waals surface area contributed by atoms with Crippen LogP contribution in [0.3, 0.4) is 0 Å². The summed E-state index contributed by atoms with van der Waals surface area (Å²) in [5, 5.41) is 0.935. The molecule has 1 unspecified atom stereocenters. The lowest BCUT2D eigenvalue weighted by atomic mass is 9.79. The van der Waals surface area contributed by atoms with E-state index in [0.29, 0.717) is 21.2 Å². The maximum atomic E-state index is 15.5. The molecule has 0 bridgehead atoms. The SMILES string of the molecule is CCOC(=O)C1(Cc2ccccc2Cl)C(=O)Cc2cc(Cl)ccc2N1F. The molecule has 136 valence electrons. The minimum Gasteiger partial charge on any atom is -0.464 e. The van der Waals surface area contributed by atoms with Crippen LogP contribution in [-0.4, -0.2) is 23.9 Å². The predicted molar refractivity (Wildman–Crippen MR) is 98.3 cm³/mol. The number of hydrogen-bond donors (Lipinski definition) is 0. The molecule has 0 radical (unpaired) electrons. The number of hydrogen-bond acceptors (Lipinski definition) is 4. The number of ether oxygens (including phenoxy) is 1. The van der Waals surface area contributed by atoms with Gasteiger partial charge < -0.3 is 4.74 Å². The van der Waals surface area contributed by atoms with Crippen molar-refractivity contribution in [1.82, 2.24) is 0 Å². The quantitative estimate of drug-likeness (QED) is 0.438. The van der Waals surface area contributed by atoms with Gasteiger partial charge in [0, 0.05) is 22.9 Å². The molecular weight excluding hydrogens is 380 g/mol. The van der Waals surface area contributed by atoms with Crippen LogP contribution in [0.1, 0.15) is 18.1 Å². The molecule has 1 aliphatic rings. The van der Waals surface area contributed by atoms with Gasteiger partial charge in [-0.3, -0.25) is 4.79 Å². The maximum absolute atomic E-state index is 15.5. The summed E-state index contributed by atoms with van der Waals surface area (Å²) >= 11 is 12.1. The first-order valence-electron chi connectivity index (χ1n) is 8.08. The number of anilines is 1. The molecule has 0 N–H and O–H groups in total. The van der Waals surface area contributed by atoms with E-state index in [0.717, 1.165) is 0 Å². The molecule has 0 amide bonds. The highest BCUT2D eigenvalue weighted by atomic mass is 35.5. The van der Waals surface area contributed by atoms with E-state index >= 15 is 4.48 Å². The molecule has 2 aromatic rings. The fraction of sp³-hybridized carbons (Fsp3) is 0.263. The number of fused-ring (bicyclic) bond motifs is 1. The van der Waals surface area contributed by atoms with Gasteiger partial charge in [-0.05, 0) is 42.3 Å². The molecule has 1 atom stereocenters. The molecule has 1 aliphatic heterocycles. The average molecular weight is 396 g/mol. The predicted octanol–water partition coefficient (Wildman–Crippen LogP) is 4.35. The lowest BCUT2D eigenvalue weighted by Crippen LogP contribution is -2.62. The van der Waals surface area contributed by atoms with Crippen molar-refractivity contribution >= 4 is 40.6 Å². The largest absolute Gasteiger partial charge is 0.464 e. The zero-order valence-corrected chi connectivity index (χ0v) is 15.5. The monoisotopic (exact) mass is 395 g/mol. The summed E-state index contributed by atoms with van der Waals surface area (Å²) in [5.41, 5.74) is -1.10. The van der Waals surface area contributed by atoms with E-state index in [9.17, 15) is 9.59 Å². The number of carbonyl (C=O) groups is 2. The summed E-state index contributed by atoms with van der Waals surface area (Å²) in [4.78, 5) is 25.7. The summed E-state index contributed by atoms with van der Waals surface area (Å²) in [6, 6.07) is 11.2. The van der Waals surface area contributed by atoms with Gasteiger partial charge >= 0.3 is 5.97 Å². The summed E-state index contributed by atoms with van der Waals surface area (Å²) in [6.45, 7) is 1.63. The molecule has 26 heavy (non-hydrogen) atoms. The Labute approximate surface area is 160 Å². The number of rotatable bonds is 4. The van der Waals surface area contributed by atoms with Crippen molar-refractivity contribution in [3.63, 3.8) is 0 Å². The summed E-state index contributed by atoms with van der Waals surface area (Å²) in [7, 11) is 0. The number of halogens is 3. The van der Waals surface area contributed by atoms with Crippen LogP contribution in [0.25, 0.3) is 0 Å². The van der Waals surface area contributed by atoms with E-state index in [1.807, 2.05) is 0 Å². The van der Waals surface area contributed by atoms with Gasteiger partial charge in [-0.15, -0.1) is 0 Å².